The van der Waals surface area contributed by atoms with Crippen molar-refractivity contribution in [3.8, 4) is 0 Å². The molecule has 1 N–H and O–H groups in total. The Morgan fingerprint density at radius 2 is 2.10 bits per heavy atom. The molecule has 1 aliphatic rings. The molecule has 2 atom stereocenters. The van der Waals surface area contributed by atoms with Gasteiger partial charge in [0.15, 0.2) is 5.13 Å². The Hall–Kier alpha value is -0.610. The van der Waals surface area contributed by atoms with Crippen LogP contribution in [0.2, 0.25) is 0 Å². The molecule has 1 fully saturated rings. The third kappa shape index (κ3) is 3.73. The molecule has 1 aliphatic carbocycles. The number of hydrogen-bond donors (Lipinski definition) is 1. The predicted octanol–water partition coefficient (Wildman–Crippen LogP) is 3.97. The molecule has 0 saturated heterocycles. The van der Waals surface area contributed by atoms with Crippen molar-refractivity contribution >= 4 is 16.5 Å². The lowest BCUT2D eigenvalue weighted by molar-refractivity contribution is 0.321. The molecule has 20 heavy (non-hydrogen) atoms. The number of nitrogens with zero attached hydrogens (tertiary/aromatic N) is 2. The van der Waals surface area contributed by atoms with Crippen LogP contribution >= 0.6 is 11.3 Å². The summed E-state index contributed by atoms with van der Waals surface area (Å²) < 4.78 is 0. The topological polar surface area (TPSA) is 28.2 Å². The van der Waals surface area contributed by atoms with Gasteiger partial charge in [-0.2, -0.15) is 0 Å². The highest BCUT2D eigenvalue weighted by Crippen LogP contribution is 2.33. The first-order valence-electron chi connectivity index (χ1n) is 8.03. The lowest BCUT2D eigenvalue weighted by Gasteiger charge is -2.36. The second kappa shape index (κ2) is 7.41. The molecule has 0 radical (unpaired) electrons. The lowest BCUT2D eigenvalue weighted by atomic mass is 9.85. The second-order valence-electron chi connectivity index (χ2n) is 6.12. The monoisotopic (exact) mass is 295 g/mol. The summed E-state index contributed by atoms with van der Waals surface area (Å²) in [5.41, 5.74) is 1.20. The third-order valence-electron chi connectivity index (χ3n) is 4.46. The maximum atomic E-state index is 4.80. The summed E-state index contributed by atoms with van der Waals surface area (Å²) in [6.45, 7) is 8.79. The van der Waals surface area contributed by atoms with E-state index in [4.69, 9.17) is 4.98 Å². The predicted molar refractivity (Wildman–Crippen MR) is 88.7 cm³/mol. The fraction of sp³-hybridized carbons (Fsp3) is 0.812. The normalized spacial score (nSPS) is 23.0. The number of nitrogens with one attached hydrogen (secondary N) is 1. The first-order chi connectivity index (χ1) is 9.63. The molecule has 1 saturated carbocycles. The number of anilines is 1. The van der Waals surface area contributed by atoms with E-state index in [1.807, 2.05) is 11.3 Å². The molecule has 0 amide bonds. The minimum absolute atomic E-state index is 0.672. The number of rotatable bonds is 6. The van der Waals surface area contributed by atoms with Crippen molar-refractivity contribution < 1.29 is 0 Å². The summed E-state index contributed by atoms with van der Waals surface area (Å²) in [5.74, 6) is 0.791. The molecule has 2 unspecified atom stereocenters. The SMILES string of the molecule is CCCNCc1sc(N(C)C2CCCCC2C)nc1C. The summed E-state index contributed by atoms with van der Waals surface area (Å²) in [5, 5.41) is 4.69. The van der Waals surface area contributed by atoms with Gasteiger partial charge in [-0.3, -0.25) is 0 Å². The molecule has 0 aromatic carbocycles. The fourth-order valence-electron chi connectivity index (χ4n) is 3.12. The van der Waals surface area contributed by atoms with E-state index in [1.165, 1.54) is 47.8 Å². The molecule has 4 heteroatoms. The second-order valence-corrected chi connectivity index (χ2v) is 7.18. The highest BCUT2D eigenvalue weighted by Gasteiger charge is 2.26. The van der Waals surface area contributed by atoms with Gasteiger partial charge in [-0.15, -0.1) is 11.3 Å². The van der Waals surface area contributed by atoms with E-state index in [2.05, 4.69) is 38.0 Å². The van der Waals surface area contributed by atoms with Crippen molar-refractivity contribution in [3.63, 3.8) is 0 Å². The van der Waals surface area contributed by atoms with Gasteiger partial charge in [0.05, 0.1) is 5.69 Å². The van der Waals surface area contributed by atoms with Gasteiger partial charge in [-0.25, -0.2) is 4.98 Å². The van der Waals surface area contributed by atoms with Gasteiger partial charge < -0.3 is 10.2 Å². The molecule has 1 aromatic rings. The summed E-state index contributed by atoms with van der Waals surface area (Å²) in [6.07, 6.45) is 6.64. The van der Waals surface area contributed by atoms with E-state index in [9.17, 15) is 0 Å². The van der Waals surface area contributed by atoms with E-state index in [1.54, 1.807) is 0 Å². The molecular formula is C16H29N3S. The van der Waals surface area contributed by atoms with Crippen LogP contribution in [0, 0.1) is 12.8 Å². The highest BCUT2D eigenvalue weighted by atomic mass is 32.1. The van der Waals surface area contributed by atoms with Crippen LogP contribution in [-0.2, 0) is 6.54 Å². The minimum Gasteiger partial charge on any atom is -0.348 e. The highest BCUT2D eigenvalue weighted by molar-refractivity contribution is 7.15. The van der Waals surface area contributed by atoms with E-state index in [0.717, 1.165) is 19.0 Å². The van der Waals surface area contributed by atoms with Crippen LogP contribution < -0.4 is 10.2 Å². The number of thiazole rings is 1. The Balaban J connectivity index is 2.02. The summed E-state index contributed by atoms with van der Waals surface area (Å²) in [7, 11) is 2.23. The van der Waals surface area contributed by atoms with Gasteiger partial charge in [0.25, 0.3) is 0 Å². The molecule has 0 spiro atoms. The fourth-order valence-corrected chi connectivity index (χ4v) is 4.17. The molecule has 114 valence electrons. The summed E-state index contributed by atoms with van der Waals surface area (Å²) in [6, 6.07) is 0.672. The summed E-state index contributed by atoms with van der Waals surface area (Å²) in [4.78, 5) is 8.63. The van der Waals surface area contributed by atoms with Crippen LogP contribution in [-0.4, -0.2) is 24.6 Å². The Bertz CT molecular complexity index is 416. The number of hydrogen-bond acceptors (Lipinski definition) is 4. The van der Waals surface area contributed by atoms with Crippen molar-refractivity contribution in [3.05, 3.63) is 10.6 Å². The zero-order valence-corrected chi connectivity index (χ0v) is 14.2. The molecule has 1 aromatic heterocycles. The molecule has 1 heterocycles. The zero-order valence-electron chi connectivity index (χ0n) is 13.4. The van der Waals surface area contributed by atoms with E-state index in [-0.39, 0.29) is 0 Å². The zero-order chi connectivity index (χ0) is 14.5. The average Bonchev–Trinajstić information content (AvgIpc) is 2.80. The Labute approximate surface area is 127 Å². The Kier molecular flexibility index (Phi) is 5.85. The smallest absolute Gasteiger partial charge is 0.185 e. The molecular weight excluding hydrogens is 266 g/mol. The van der Waals surface area contributed by atoms with Gasteiger partial charge in [0.1, 0.15) is 0 Å². The largest absolute Gasteiger partial charge is 0.348 e. The minimum atomic E-state index is 0.672. The van der Waals surface area contributed by atoms with Crippen molar-refractivity contribution in [2.24, 2.45) is 5.92 Å². The molecule has 0 aliphatic heterocycles. The van der Waals surface area contributed by atoms with Gasteiger partial charge in [-0.1, -0.05) is 26.7 Å². The number of aryl methyl sites for hydroxylation is 1. The van der Waals surface area contributed by atoms with Crippen LogP contribution in [0.3, 0.4) is 0 Å². The van der Waals surface area contributed by atoms with Crippen LogP contribution in [0.1, 0.15) is 56.5 Å². The number of aromatic nitrogens is 1. The maximum Gasteiger partial charge on any atom is 0.185 e. The van der Waals surface area contributed by atoms with Crippen LogP contribution in [0.15, 0.2) is 0 Å². The van der Waals surface area contributed by atoms with E-state index in [0.29, 0.717) is 6.04 Å². The van der Waals surface area contributed by atoms with Gasteiger partial charge >= 0.3 is 0 Å². The molecule has 2 rings (SSSR count). The first-order valence-corrected chi connectivity index (χ1v) is 8.85. The van der Waals surface area contributed by atoms with Crippen molar-refractivity contribution in [2.75, 3.05) is 18.5 Å². The third-order valence-corrected chi connectivity index (χ3v) is 5.71. The maximum absolute atomic E-state index is 4.80. The van der Waals surface area contributed by atoms with Crippen LogP contribution in [0.5, 0.6) is 0 Å². The van der Waals surface area contributed by atoms with E-state index >= 15 is 0 Å². The van der Waals surface area contributed by atoms with Crippen molar-refractivity contribution in [2.45, 2.75) is 65.5 Å². The summed E-state index contributed by atoms with van der Waals surface area (Å²) >= 11 is 1.87. The lowest BCUT2D eigenvalue weighted by Crippen LogP contribution is -2.38. The van der Waals surface area contributed by atoms with Gasteiger partial charge in [0, 0.05) is 24.5 Å². The van der Waals surface area contributed by atoms with Crippen LogP contribution in [0.25, 0.3) is 0 Å². The average molecular weight is 295 g/mol. The van der Waals surface area contributed by atoms with E-state index < -0.39 is 0 Å². The first kappa shape index (κ1) is 15.8. The van der Waals surface area contributed by atoms with Crippen LogP contribution in [0.4, 0.5) is 5.13 Å². The molecule has 3 nitrogen and oxygen atoms in total. The van der Waals surface area contributed by atoms with Gasteiger partial charge in [-0.05, 0) is 38.6 Å². The molecule has 0 bridgehead atoms. The Morgan fingerprint density at radius 3 is 2.80 bits per heavy atom. The van der Waals surface area contributed by atoms with Crippen molar-refractivity contribution in [1.82, 2.24) is 10.3 Å². The van der Waals surface area contributed by atoms with Crippen molar-refractivity contribution in [1.29, 1.82) is 0 Å². The van der Waals surface area contributed by atoms with Gasteiger partial charge in [0.2, 0.25) is 0 Å². The Morgan fingerprint density at radius 1 is 1.35 bits per heavy atom. The standard InChI is InChI=1S/C16H29N3S/c1-5-10-17-11-15-13(3)18-16(20-15)19(4)14-9-7-6-8-12(14)2/h12,14,17H,5-11H2,1-4H3. The quantitative estimate of drug-likeness (QED) is 0.805.